The number of nitrogens with one attached hydrogen (secondary N) is 1. The van der Waals surface area contributed by atoms with Crippen molar-refractivity contribution >= 4 is 11.9 Å². The second-order valence-electron chi connectivity index (χ2n) is 6.25. The standard InChI is InChI=1S/C17H31NO3/c19-16(13-10-14-17(20)21)18-15-11-8-6-4-2-1-3-5-7-9-12-15/h15H,1-14H2,(H,18,19)(H,20,21)/p-1. The van der Waals surface area contributed by atoms with Crippen molar-refractivity contribution in [3.63, 3.8) is 0 Å². The lowest BCUT2D eigenvalue weighted by molar-refractivity contribution is -0.305. The lowest BCUT2D eigenvalue weighted by Crippen LogP contribution is -2.35. The van der Waals surface area contributed by atoms with Crippen LogP contribution in [0.1, 0.15) is 89.9 Å². The molecule has 1 N–H and O–H groups in total. The van der Waals surface area contributed by atoms with Crippen molar-refractivity contribution in [3.8, 4) is 0 Å². The molecule has 0 bridgehead atoms. The van der Waals surface area contributed by atoms with Crippen LogP contribution in [0.15, 0.2) is 0 Å². The Morgan fingerprint density at radius 2 is 1.29 bits per heavy atom. The predicted octanol–water partition coefficient (Wildman–Crippen LogP) is 2.70. The molecule has 1 amide bonds. The Hall–Kier alpha value is -1.06. The Morgan fingerprint density at radius 3 is 1.76 bits per heavy atom. The summed E-state index contributed by atoms with van der Waals surface area (Å²) in [7, 11) is 0. The average Bonchev–Trinajstić information content (AvgIpc) is 2.41. The summed E-state index contributed by atoms with van der Waals surface area (Å²) in [5, 5.41) is 13.4. The minimum atomic E-state index is -1.08. The maximum atomic E-state index is 11.8. The molecule has 0 heterocycles. The van der Waals surface area contributed by atoms with Gasteiger partial charge < -0.3 is 15.2 Å². The minimum absolute atomic E-state index is 0.00616. The zero-order valence-corrected chi connectivity index (χ0v) is 13.2. The van der Waals surface area contributed by atoms with Crippen molar-refractivity contribution in [1.29, 1.82) is 0 Å². The predicted molar refractivity (Wildman–Crippen MR) is 81.6 cm³/mol. The number of hydrogen-bond donors (Lipinski definition) is 1. The molecule has 1 rings (SSSR count). The molecule has 1 aliphatic carbocycles. The number of carboxylic acids is 1. The molecule has 4 heteroatoms. The second-order valence-corrected chi connectivity index (χ2v) is 6.25. The molecule has 0 saturated heterocycles. The van der Waals surface area contributed by atoms with Gasteiger partial charge in [0.1, 0.15) is 0 Å². The molecule has 0 aromatic carbocycles. The van der Waals surface area contributed by atoms with Gasteiger partial charge in [-0.05, 0) is 25.7 Å². The summed E-state index contributed by atoms with van der Waals surface area (Å²) in [5.41, 5.74) is 0. The zero-order chi connectivity index (χ0) is 15.3. The number of carbonyl (C=O) groups is 2. The van der Waals surface area contributed by atoms with Crippen LogP contribution in [0.2, 0.25) is 0 Å². The van der Waals surface area contributed by atoms with Crippen molar-refractivity contribution in [2.45, 2.75) is 95.9 Å². The Bertz CT molecular complexity index is 292. The van der Waals surface area contributed by atoms with Crippen LogP contribution in [-0.4, -0.2) is 17.9 Å². The van der Waals surface area contributed by atoms with E-state index < -0.39 is 5.97 Å². The van der Waals surface area contributed by atoms with Gasteiger partial charge in [0.25, 0.3) is 0 Å². The number of hydrogen-bond acceptors (Lipinski definition) is 3. The largest absolute Gasteiger partial charge is 0.550 e. The highest BCUT2D eigenvalue weighted by atomic mass is 16.4. The van der Waals surface area contributed by atoms with Crippen LogP contribution in [0.25, 0.3) is 0 Å². The number of carbonyl (C=O) groups excluding carboxylic acids is 2. The van der Waals surface area contributed by atoms with E-state index in [9.17, 15) is 14.7 Å². The summed E-state index contributed by atoms with van der Waals surface area (Å²) in [6, 6.07) is 0.278. The third-order valence-corrected chi connectivity index (χ3v) is 4.26. The summed E-state index contributed by atoms with van der Waals surface area (Å²) in [4.78, 5) is 22.2. The monoisotopic (exact) mass is 296 g/mol. The van der Waals surface area contributed by atoms with Gasteiger partial charge in [-0.2, -0.15) is 0 Å². The molecule has 0 spiro atoms. The van der Waals surface area contributed by atoms with Crippen LogP contribution in [0.5, 0.6) is 0 Å². The van der Waals surface area contributed by atoms with Crippen molar-refractivity contribution < 1.29 is 14.7 Å². The van der Waals surface area contributed by atoms with Crippen molar-refractivity contribution in [2.24, 2.45) is 0 Å². The van der Waals surface area contributed by atoms with Crippen LogP contribution in [-0.2, 0) is 9.59 Å². The zero-order valence-electron chi connectivity index (χ0n) is 13.2. The molecular weight excluding hydrogens is 266 g/mol. The van der Waals surface area contributed by atoms with Gasteiger partial charge in [0.15, 0.2) is 0 Å². The lowest BCUT2D eigenvalue weighted by Gasteiger charge is -2.19. The molecule has 0 aliphatic heterocycles. The molecule has 1 aliphatic rings. The van der Waals surface area contributed by atoms with Gasteiger partial charge in [-0.15, -0.1) is 0 Å². The van der Waals surface area contributed by atoms with E-state index in [2.05, 4.69) is 5.32 Å². The van der Waals surface area contributed by atoms with E-state index in [0.717, 1.165) is 12.8 Å². The molecule has 0 aromatic rings. The number of rotatable bonds is 5. The summed E-state index contributed by atoms with van der Waals surface area (Å²) >= 11 is 0. The Labute approximate surface area is 128 Å². The molecule has 122 valence electrons. The third-order valence-electron chi connectivity index (χ3n) is 4.26. The fourth-order valence-corrected chi connectivity index (χ4v) is 3.00. The quantitative estimate of drug-likeness (QED) is 0.848. The first-order valence-corrected chi connectivity index (χ1v) is 8.67. The van der Waals surface area contributed by atoms with E-state index >= 15 is 0 Å². The van der Waals surface area contributed by atoms with Crippen molar-refractivity contribution in [2.75, 3.05) is 0 Å². The minimum Gasteiger partial charge on any atom is -0.550 e. The molecule has 0 aromatic heterocycles. The Kier molecular flexibility index (Phi) is 9.92. The fraction of sp³-hybridized carbons (Fsp3) is 0.882. The molecule has 1 saturated carbocycles. The van der Waals surface area contributed by atoms with Crippen molar-refractivity contribution in [3.05, 3.63) is 0 Å². The van der Waals surface area contributed by atoms with E-state index in [1.807, 2.05) is 0 Å². The first-order chi connectivity index (χ1) is 10.2. The van der Waals surface area contributed by atoms with Crippen molar-refractivity contribution in [1.82, 2.24) is 5.32 Å². The smallest absolute Gasteiger partial charge is 0.220 e. The fourth-order valence-electron chi connectivity index (χ4n) is 3.00. The van der Waals surface area contributed by atoms with Gasteiger partial charge in [0.2, 0.25) is 5.91 Å². The van der Waals surface area contributed by atoms with Gasteiger partial charge in [-0.25, -0.2) is 0 Å². The Balaban J connectivity index is 2.26. The normalized spacial score (nSPS) is 19.2. The van der Waals surface area contributed by atoms with E-state index in [-0.39, 0.29) is 18.4 Å². The van der Waals surface area contributed by atoms with Gasteiger partial charge in [-0.3, -0.25) is 4.79 Å². The summed E-state index contributed by atoms with van der Waals surface area (Å²) in [5.74, 6) is -1.08. The van der Waals surface area contributed by atoms with Crippen LogP contribution in [0.4, 0.5) is 0 Å². The second kappa shape index (κ2) is 11.6. The first kappa shape index (κ1) is 18.0. The maximum absolute atomic E-state index is 11.8. The molecular formula is C17H30NO3-. The highest BCUT2D eigenvalue weighted by molar-refractivity contribution is 5.76. The summed E-state index contributed by atoms with van der Waals surface area (Å²) < 4.78 is 0. The van der Waals surface area contributed by atoms with E-state index in [1.54, 1.807) is 0 Å². The van der Waals surface area contributed by atoms with E-state index in [4.69, 9.17) is 0 Å². The highest BCUT2D eigenvalue weighted by Gasteiger charge is 2.12. The molecule has 4 nitrogen and oxygen atoms in total. The maximum Gasteiger partial charge on any atom is 0.220 e. The number of amides is 1. The molecule has 0 radical (unpaired) electrons. The molecule has 0 unspecified atom stereocenters. The van der Waals surface area contributed by atoms with Gasteiger partial charge in [0, 0.05) is 18.4 Å². The van der Waals surface area contributed by atoms with E-state index in [1.165, 1.54) is 57.8 Å². The molecule has 21 heavy (non-hydrogen) atoms. The Morgan fingerprint density at radius 1 is 0.810 bits per heavy atom. The number of carboxylic acid groups (broad SMARTS) is 1. The van der Waals surface area contributed by atoms with Gasteiger partial charge in [-0.1, -0.05) is 57.8 Å². The van der Waals surface area contributed by atoms with Crippen LogP contribution in [0, 0.1) is 0 Å². The molecule has 0 atom stereocenters. The SMILES string of the molecule is O=C([O-])CCCC(=O)NC1CCCCCCCCCCC1. The van der Waals surface area contributed by atoms with Gasteiger partial charge >= 0.3 is 0 Å². The van der Waals surface area contributed by atoms with Crippen LogP contribution in [0.3, 0.4) is 0 Å². The van der Waals surface area contributed by atoms with Crippen LogP contribution < -0.4 is 10.4 Å². The third kappa shape index (κ3) is 10.3. The van der Waals surface area contributed by atoms with Gasteiger partial charge in [0.05, 0.1) is 0 Å². The summed E-state index contributed by atoms with van der Waals surface area (Å²) in [6.07, 6.45) is 14.3. The topological polar surface area (TPSA) is 69.2 Å². The average molecular weight is 296 g/mol. The highest BCUT2D eigenvalue weighted by Crippen LogP contribution is 2.17. The lowest BCUT2D eigenvalue weighted by atomic mass is 9.98. The number of aliphatic carboxylic acids is 1. The van der Waals surface area contributed by atoms with Crippen LogP contribution >= 0.6 is 0 Å². The first-order valence-electron chi connectivity index (χ1n) is 8.67. The van der Waals surface area contributed by atoms with E-state index in [0.29, 0.717) is 12.8 Å². The molecule has 1 fully saturated rings. The summed E-state index contributed by atoms with van der Waals surface area (Å²) in [6.45, 7) is 0.